The summed E-state index contributed by atoms with van der Waals surface area (Å²) in [6, 6.07) is 37.0. The zero-order chi connectivity index (χ0) is 99.3. The van der Waals surface area contributed by atoms with Crippen molar-refractivity contribution in [2.45, 2.75) is 60.8 Å². The van der Waals surface area contributed by atoms with Crippen molar-refractivity contribution in [3.05, 3.63) is 281 Å². The number of hydrogen-bond acceptors (Lipinski definition) is 26. The predicted molar refractivity (Wildman–Crippen MR) is 552 cm³/mol. The number of carbonyl (C=O) groups is 4. The zero-order valence-electron chi connectivity index (χ0n) is 77.9. The van der Waals surface area contributed by atoms with Crippen molar-refractivity contribution in [3.8, 4) is 135 Å². The summed E-state index contributed by atoms with van der Waals surface area (Å²) in [5.74, 6) is 1.97. The number of aromatic nitrogens is 30. The van der Waals surface area contributed by atoms with Gasteiger partial charge in [0.05, 0.1) is 132 Å². The summed E-state index contributed by atoms with van der Waals surface area (Å²) in [4.78, 5) is 142. The lowest BCUT2D eigenvalue weighted by molar-refractivity contribution is -0.119. The average molecular weight is 1940 g/mol. The number of anilines is 4. The molecule has 0 spiro atoms. The summed E-state index contributed by atoms with van der Waals surface area (Å²) >= 11 is 6.21. The first kappa shape index (κ1) is 91.8. The number of halogens is 2. The number of amides is 4. The maximum absolute atomic E-state index is 13.9. The molecule has 0 aliphatic carbocycles. The molecule has 22 heterocycles. The second kappa shape index (κ2) is 40.1. The molecule has 22 aromatic heterocycles. The second-order valence-electron chi connectivity index (χ2n) is 34.4. The average Bonchev–Trinajstić information content (AvgIpc) is 1.63. The van der Waals surface area contributed by atoms with Crippen LogP contribution in [-0.2, 0) is 19.2 Å². The Hall–Kier alpha value is -19.6. The van der Waals surface area contributed by atoms with Gasteiger partial charge in [-0.15, -0.1) is 0 Å². The Morgan fingerprint density at radius 1 is 0.317 bits per heavy atom. The number of hydrogen-bond donors (Lipinski definition) is 12. The van der Waals surface area contributed by atoms with Crippen molar-refractivity contribution < 1.29 is 23.6 Å². The van der Waals surface area contributed by atoms with Gasteiger partial charge in [0, 0.05) is 202 Å². The van der Waals surface area contributed by atoms with Crippen LogP contribution in [0, 0.1) is 17.7 Å². The monoisotopic (exact) mass is 1940 g/mol. The highest BCUT2D eigenvalue weighted by Gasteiger charge is 2.25. The summed E-state index contributed by atoms with van der Waals surface area (Å²) in [7, 11) is 0. The van der Waals surface area contributed by atoms with E-state index in [1.165, 1.54) is 12.1 Å². The number of imidazole rings is 4. The maximum Gasteiger partial charge on any atom is 0.226 e. The number of benzene rings is 2. The lowest BCUT2D eigenvalue weighted by Gasteiger charge is -2.09. The first-order chi connectivity index (χ1) is 70.8. The Labute approximate surface area is 825 Å². The molecule has 40 heteroatoms. The molecule has 0 saturated carbocycles. The molecule has 0 unspecified atom stereocenters. The summed E-state index contributed by atoms with van der Waals surface area (Å²) in [5, 5.41) is 44.9. The highest BCUT2D eigenvalue weighted by molar-refractivity contribution is 6.31. The van der Waals surface area contributed by atoms with E-state index in [9.17, 15) is 23.6 Å². The first-order valence-electron chi connectivity index (χ1n) is 45.9. The van der Waals surface area contributed by atoms with E-state index >= 15 is 0 Å². The second-order valence-corrected chi connectivity index (χ2v) is 34.8. The van der Waals surface area contributed by atoms with Crippen LogP contribution in [0.25, 0.3) is 223 Å². The fourth-order valence-corrected chi connectivity index (χ4v) is 16.6. The molecule has 0 aliphatic heterocycles. The first-order valence-corrected chi connectivity index (χ1v) is 46.2. The van der Waals surface area contributed by atoms with Crippen molar-refractivity contribution >= 4 is 146 Å². The number of aromatic amines is 8. The van der Waals surface area contributed by atoms with Crippen LogP contribution in [0.1, 0.15) is 60.8 Å². The zero-order valence-corrected chi connectivity index (χ0v) is 78.7. The van der Waals surface area contributed by atoms with E-state index in [1.807, 2.05) is 131 Å². The van der Waals surface area contributed by atoms with Crippen LogP contribution in [0.4, 0.5) is 27.1 Å². The fraction of sp³-hybridized carbons (Fsp3) is 0.105. The van der Waals surface area contributed by atoms with Crippen molar-refractivity contribution in [2.75, 3.05) is 21.3 Å². The smallest absolute Gasteiger partial charge is 0.226 e. The Morgan fingerprint density at radius 2 is 0.648 bits per heavy atom. The van der Waals surface area contributed by atoms with Crippen molar-refractivity contribution in [1.82, 2.24) is 150 Å². The van der Waals surface area contributed by atoms with E-state index in [-0.39, 0.29) is 41.3 Å². The number of carbonyl (C=O) groups excluding carboxylic acids is 4. The molecule has 12 N–H and O–H groups in total. The van der Waals surface area contributed by atoms with Crippen LogP contribution in [0.3, 0.4) is 0 Å². The van der Waals surface area contributed by atoms with Crippen LogP contribution in [0.2, 0.25) is 5.02 Å². The lowest BCUT2D eigenvalue weighted by Crippen LogP contribution is -2.17. The normalized spacial score (nSPS) is 11.4. The van der Waals surface area contributed by atoms with Gasteiger partial charge in [0.2, 0.25) is 23.6 Å². The molecule has 24 rings (SSSR count). The number of nitrogens with zero attached hydrogens (tertiary/aromatic N) is 22. The van der Waals surface area contributed by atoms with E-state index in [4.69, 9.17) is 31.5 Å². The summed E-state index contributed by atoms with van der Waals surface area (Å²) < 4.78 is 13.9. The van der Waals surface area contributed by atoms with E-state index in [1.54, 1.807) is 169 Å². The molecule has 4 amide bonds. The van der Waals surface area contributed by atoms with E-state index in [2.05, 4.69) is 152 Å². The standard InChI is InChI=1S/C28H23FN8O.C26H19ClN8O.C26H21N9O.C25H19N9O/c1-15(2)6-24(38)33-20-8-17(10-30-12-20)18-9-21-26(36-37-27(21)32-11-18)28-34-23-14-31-13-22(25(23)35-28)16-4-3-5-19(29)7-16;1-2-22(36)31-18-7-15(9-28-11-18)16-8-19-24(34-35-25(19)30-10-16)26-32-21-13-29-12-20(23(21)33-26)14-4-3-5-17(27)6-14;1-14(2)26(36)31-18-6-16(9-28-11-18)17-7-19-23(34-35-24(19)30-10-17)25-32-21-13-29-12-20(22(21)33-25)15-4-3-5-27-8-15;1-2-21(35)30-17-7-15(9-27-11-17)16-8-18-23(33-34-24(18)29-10-16)25-31-20-13-28-12-19(22(20)32-25)14-3-5-26-6-4-14/h3-5,7-15H,6H2,1-2H3,(H,33,38)(H,34,35)(H,32,36,37);3-13H,2H2,1H3,(H,31,36)(H,32,33)(H,30,34,35);3-14H,1-2H3,(H,31,36)(H,32,33)(H,30,34,35);3-13H,2H2,1H3,(H,30,35)(H,31,32)(H,29,33,34). The molecule has 0 bridgehead atoms. The van der Waals surface area contributed by atoms with Crippen LogP contribution >= 0.6 is 11.6 Å². The predicted octanol–water partition coefficient (Wildman–Crippen LogP) is 20.4. The third-order valence-electron chi connectivity index (χ3n) is 23.6. The van der Waals surface area contributed by atoms with Crippen molar-refractivity contribution in [3.63, 3.8) is 0 Å². The van der Waals surface area contributed by atoms with Crippen LogP contribution in [0.15, 0.2) is 270 Å². The quantitative estimate of drug-likeness (QED) is 0.0318. The van der Waals surface area contributed by atoms with Crippen LogP contribution in [-0.4, -0.2) is 174 Å². The molecular formula is C105H82ClFN34O4. The molecule has 2 aromatic carbocycles. The van der Waals surface area contributed by atoms with Gasteiger partial charge in [0.1, 0.15) is 34.1 Å². The van der Waals surface area contributed by atoms with Gasteiger partial charge in [-0.1, -0.05) is 83.5 Å². The molecule has 24 aromatic rings. The molecule has 145 heavy (non-hydrogen) atoms. The summed E-state index contributed by atoms with van der Waals surface area (Å²) in [5.41, 5.74) is 27.2. The summed E-state index contributed by atoms with van der Waals surface area (Å²) in [6.07, 6.45) is 42.5. The van der Waals surface area contributed by atoms with Gasteiger partial charge in [0.15, 0.2) is 45.9 Å². The Balaban J connectivity index is 0.000000114. The number of H-pyrrole nitrogens is 8. The van der Waals surface area contributed by atoms with E-state index in [0.29, 0.717) is 127 Å². The number of rotatable bonds is 21. The third kappa shape index (κ3) is 19.6. The van der Waals surface area contributed by atoms with E-state index in [0.717, 1.165) is 144 Å². The molecule has 0 aliphatic rings. The molecule has 0 atom stereocenters. The Morgan fingerprint density at radius 3 is 1.00 bits per heavy atom. The number of pyridine rings is 14. The SMILES string of the molecule is CC(C)C(=O)Nc1cncc(-c2cnc3n[nH]c(-c4nc5c(-c6cccnc6)cncc5[nH]4)c3c2)c1.CC(C)CC(=O)Nc1cncc(-c2cnc3n[nH]c(-c4nc5c(-c6cccc(F)c6)cncc5[nH]4)c3c2)c1.CCC(=O)Nc1cncc(-c2cnc3n[nH]c(-c4nc5c(-c6cccc(Cl)c6)cncc5[nH]4)c3c2)c1.CCC(=O)Nc1cncc(-c2cnc3n[nH]c(-c4nc5c(-c6ccncc6)cncc5[nH]4)c3c2)c1. The molecular weight excluding hydrogens is 1860 g/mol. The van der Waals surface area contributed by atoms with Crippen LogP contribution in [0.5, 0.6) is 0 Å². The molecule has 0 fully saturated rings. The number of fused-ring (bicyclic) bond motifs is 8. The highest BCUT2D eigenvalue weighted by atomic mass is 35.5. The Kier molecular flexibility index (Phi) is 25.4. The minimum atomic E-state index is -0.327. The third-order valence-corrected chi connectivity index (χ3v) is 23.8. The van der Waals surface area contributed by atoms with Gasteiger partial charge in [-0.3, -0.25) is 89.4 Å². The van der Waals surface area contributed by atoms with Crippen LogP contribution < -0.4 is 21.3 Å². The highest BCUT2D eigenvalue weighted by Crippen LogP contribution is 2.40. The number of nitrogens with one attached hydrogen (secondary N) is 12. The topological polar surface area (TPSA) is 526 Å². The maximum atomic E-state index is 13.9. The van der Waals surface area contributed by atoms with Gasteiger partial charge in [-0.05, 0) is 114 Å². The minimum Gasteiger partial charge on any atom is -0.335 e. The molecule has 38 nitrogen and oxygen atoms in total. The molecule has 0 radical (unpaired) electrons. The van der Waals surface area contributed by atoms with Gasteiger partial charge in [0.25, 0.3) is 0 Å². The summed E-state index contributed by atoms with van der Waals surface area (Å²) in [6.45, 7) is 11.3. The van der Waals surface area contributed by atoms with Crippen molar-refractivity contribution in [1.29, 1.82) is 0 Å². The minimum absolute atomic E-state index is 0.0540. The Bertz CT molecular complexity index is 9040. The molecule has 710 valence electrons. The fourth-order valence-electron chi connectivity index (χ4n) is 16.4. The molecule has 0 saturated heterocycles. The van der Waals surface area contributed by atoms with Gasteiger partial charge >= 0.3 is 0 Å². The van der Waals surface area contributed by atoms with Gasteiger partial charge in [-0.25, -0.2) is 44.3 Å². The van der Waals surface area contributed by atoms with Crippen molar-refractivity contribution in [2.24, 2.45) is 11.8 Å². The van der Waals surface area contributed by atoms with E-state index < -0.39 is 0 Å². The van der Waals surface area contributed by atoms with Gasteiger partial charge in [-0.2, -0.15) is 20.4 Å². The lowest BCUT2D eigenvalue weighted by atomic mass is 10.1. The van der Waals surface area contributed by atoms with Gasteiger partial charge < -0.3 is 41.2 Å². The largest absolute Gasteiger partial charge is 0.335 e.